The van der Waals surface area contributed by atoms with Crippen LogP contribution in [0.15, 0.2) is 6.07 Å². The zero-order chi connectivity index (χ0) is 14.8. The fraction of sp³-hybridized carbons (Fsp3) is 0.692. The molecule has 0 saturated carbocycles. The van der Waals surface area contributed by atoms with E-state index in [1.165, 1.54) is 0 Å². The molecule has 1 aromatic rings. The summed E-state index contributed by atoms with van der Waals surface area (Å²) in [5.74, 6) is 7.50. The zero-order valence-electron chi connectivity index (χ0n) is 12.6. The molecule has 5 N–H and O–H groups in total. The summed E-state index contributed by atoms with van der Waals surface area (Å²) < 4.78 is 0. The van der Waals surface area contributed by atoms with Gasteiger partial charge in [-0.2, -0.15) is 0 Å². The number of aromatic nitrogens is 2. The third-order valence-electron chi connectivity index (χ3n) is 3.38. The smallest absolute Gasteiger partial charge is 0.145 e. The molecule has 1 rings (SSSR count). The topological polar surface area (TPSA) is 96.1 Å². The van der Waals surface area contributed by atoms with Gasteiger partial charge in [0.15, 0.2) is 0 Å². The molecular formula is C13H25N5O. The van der Waals surface area contributed by atoms with Crippen molar-refractivity contribution in [2.45, 2.75) is 58.6 Å². The van der Waals surface area contributed by atoms with Gasteiger partial charge in [0, 0.05) is 12.0 Å². The molecule has 0 aromatic carbocycles. The van der Waals surface area contributed by atoms with E-state index in [9.17, 15) is 5.11 Å². The molecule has 0 unspecified atom stereocenters. The third-order valence-corrected chi connectivity index (χ3v) is 3.38. The summed E-state index contributed by atoms with van der Waals surface area (Å²) in [6.45, 7) is 11.4. The summed E-state index contributed by atoms with van der Waals surface area (Å²) in [6.07, 6.45) is 0. The van der Waals surface area contributed by atoms with E-state index in [1.54, 1.807) is 19.9 Å². The summed E-state index contributed by atoms with van der Waals surface area (Å²) in [7, 11) is 0. The van der Waals surface area contributed by atoms with Crippen molar-refractivity contribution in [3.8, 4) is 0 Å². The van der Waals surface area contributed by atoms with Crippen LogP contribution >= 0.6 is 0 Å². The molecule has 6 nitrogen and oxygen atoms in total. The highest BCUT2D eigenvalue weighted by atomic mass is 16.3. The molecule has 0 spiro atoms. The van der Waals surface area contributed by atoms with Crippen molar-refractivity contribution in [3.63, 3.8) is 0 Å². The van der Waals surface area contributed by atoms with Crippen molar-refractivity contribution in [1.29, 1.82) is 0 Å². The van der Waals surface area contributed by atoms with Crippen molar-refractivity contribution in [2.24, 2.45) is 5.84 Å². The number of rotatable bonds is 5. The van der Waals surface area contributed by atoms with Crippen LogP contribution in [0.4, 0.5) is 11.6 Å². The highest BCUT2D eigenvalue weighted by Crippen LogP contribution is 2.26. The normalized spacial score (nSPS) is 12.7. The van der Waals surface area contributed by atoms with Crippen molar-refractivity contribution in [3.05, 3.63) is 11.9 Å². The van der Waals surface area contributed by atoms with Crippen LogP contribution in [-0.2, 0) is 0 Å². The molecule has 0 fully saturated rings. The van der Waals surface area contributed by atoms with Gasteiger partial charge in [0.2, 0.25) is 0 Å². The molecular weight excluding hydrogens is 242 g/mol. The first-order chi connectivity index (χ1) is 8.56. The minimum atomic E-state index is -0.897. The predicted molar refractivity (Wildman–Crippen MR) is 77.9 cm³/mol. The maximum Gasteiger partial charge on any atom is 0.145 e. The average Bonchev–Trinajstić information content (AvgIpc) is 2.26. The molecule has 0 bridgehead atoms. The van der Waals surface area contributed by atoms with E-state index in [0.29, 0.717) is 17.5 Å². The van der Waals surface area contributed by atoms with Crippen molar-refractivity contribution in [1.82, 2.24) is 9.97 Å². The first-order valence-corrected chi connectivity index (χ1v) is 6.43. The maximum absolute atomic E-state index is 10.2. The summed E-state index contributed by atoms with van der Waals surface area (Å²) in [6, 6.07) is 1.72. The maximum atomic E-state index is 10.2. The molecule has 1 heterocycles. The molecule has 0 radical (unpaired) electrons. The third kappa shape index (κ3) is 3.78. The monoisotopic (exact) mass is 267 g/mol. The van der Waals surface area contributed by atoms with Crippen LogP contribution in [0, 0.1) is 0 Å². The highest BCUT2D eigenvalue weighted by Gasteiger charge is 2.35. The van der Waals surface area contributed by atoms with E-state index in [4.69, 9.17) is 5.84 Å². The van der Waals surface area contributed by atoms with Crippen LogP contribution < -0.4 is 16.6 Å². The van der Waals surface area contributed by atoms with E-state index in [1.807, 2.05) is 27.7 Å². The van der Waals surface area contributed by atoms with Crippen molar-refractivity contribution >= 4 is 11.6 Å². The van der Waals surface area contributed by atoms with Gasteiger partial charge in [-0.3, -0.25) is 0 Å². The Kier molecular flexibility index (Phi) is 4.37. The Labute approximate surface area is 114 Å². The number of nitrogens with two attached hydrogens (primary N) is 1. The standard InChI is InChI=1S/C13H25N5O/c1-8(2)11-15-9(7-10(16-11)18-14)17-12(3,4)13(5,6)19/h7-8,19H,14H2,1-6H3,(H2,15,16,17,18). The Morgan fingerprint density at radius 1 is 1.16 bits per heavy atom. The van der Waals surface area contributed by atoms with Crippen LogP contribution in [0.1, 0.15) is 53.3 Å². The molecule has 0 amide bonds. The Bertz CT molecular complexity index is 437. The Hall–Kier alpha value is -1.40. The highest BCUT2D eigenvalue weighted by molar-refractivity contribution is 5.49. The van der Waals surface area contributed by atoms with Crippen LogP contribution in [0.5, 0.6) is 0 Å². The van der Waals surface area contributed by atoms with Gasteiger partial charge in [-0.15, -0.1) is 0 Å². The van der Waals surface area contributed by atoms with Crippen LogP contribution in [0.2, 0.25) is 0 Å². The van der Waals surface area contributed by atoms with Gasteiger partial charge in [-0.1, -0.05) is 13.8 Å². The molecule has 108 valence electrons. The van der Waals surface area contributed by atoms with Gasteiger partial charge < -0.3 is 15.8 Å². The summed E-state index contributed by atoms with van der Waals surface area (Å²) >= 11 is 0. The molecule has 6 heteroatoms. The molecule has 1 aromatic heterocycles. The van der Waals surface area contributed by atoms with E-state index >= 15 is 0 Å². The Balaban J connectivity index is 3.11. The Morgan fingerprint density at radius 3 is 2.11 bits per heavy atom. The Morgan fingerprint density at radius 2 is 1.68 bits per heavy atom. The minimum Gasteiger partial charge on any atom is -0.388 e. The van der Waals surface area contributed by atoms with Crippen LogP contribution in [-0.4, -0.2) is 26.2 Å². The SMILES string of the molecule is CC(C)c1nc(NN)cc(NC(C)(C)C(C)(C)O)n1. The van der Waals surface area contributed by atoms with E-state index in [2.05, 4.69) is 20.7 Å². The van der Waals surface area contributed by atoms with Gasteiger partial charge in [0.05, 0.1) is 11.1 Å². The lowest BCUT2D eigenvalue weighted by Gasteiger charge is -2.38. The van der Waals surface area contributed by atoms with E-state index < -0.39 is 11.1 Å². The van der Waals surface area contributed by atoms with Gasteiger partial charge in [-0.25, -0.2) is 15.8 Å². The summed E-state index contributed by atoms with van der Waals surface area (Å²) in [4.78, 5) is 8.74. The number of aliphatic hydroxyl groups is 1. The number of nitrogen functional groups attached to an aromatic ring is 1. The average molecular weight is 267 g/mol. The molecule has 0 aliphatic carbocycles. The zero-order valence-corrected chi connectivity index (χ0v) is 12.6. The molecule has 19 heavy (non-hydrogen) atoms. The molecule has 0 saturated heterocycles. The lowest BCUT2D eigenvalue weighted by atomic mass is 9.86. The summed E-state index contributed by atoms with van der Waals surface area (Å²) in [5, 5.41) is 13.4. The van der Waals surface area contributed by atoms with E-state index in [-0.39, 0.29) is 5.92 Å². The van der Waals surface area contributed by atoms with Gasteiger partial charge in [-0.05, 0) is 27.7 Å². The number of nitrogens with one attached hydrogen (secondary N) is 2. The van der Waals surface area contributed by atoms with Gasteiger partial charge in [0.25, 0.3) is 0 Å². The number of hydrazine groups is 1. The molecule has 0 atom stereocenters. The van der Waals surface area contributed by atoms with Crippen molar-refractivity contribution < 1.29 is 5.11 Å². The summed E-state index contributed by atoms with van der Waals surface area (Å²) in [5.41, 5.74) is 1.10. The lowest BCUT2D eigenvalue weighted by molar-refractivity contribution is 0.0238. The largest absolute Gasteiger partial charge is 0.388 e. The number of hydrogen-bond acceptors (Lipinski definition) is 6. The second-order valence-corrected chi connectivity index (χ2v) is 6.10. The number of hydrogen-bond donors (Lipinski definition) is 4. The first kappa shape index (κ1) is 15.7. The quantitative estimate of drug-likeness (QED) is 0.480. The fourth-order valence-corrected chi connectivity index (χ4v) is 1.34. The van der Waals surface area contributed by atoms with Crippen molar-refractivity contribution in [2.75, 3.05) is 10.7 Å². The molecule has 0 aliphatic heterocycles. The second-order valence-electron chi connectivity index (χ2n) is 6.10. The fourth-order valence-electron chi connectivity index (χ4n) is 1.34. The minimum absolute atomic E-state index is 0.194. The van der Waals surface area contributed by atoms with Gasteiger partial charge >= 0.3 is 0 Å². The van der Waals surface area contributed by atoms with E-state index in [0.717, 1.165) is 0 Å². The number of anilines is 2. The number of nitrogens with zero attached hydrogens (tertiary/aromatic N) is 2. The lowest BCUT2D eigenvalue weighted by Crippen LogP contribution is -2.51. The van der Waals surface area contributed by atoms with Crippen LogP contribution in [0.3, 0.4) is 0 Å². The second kappa shape index (κ2) is 5.30. The first-order valence-electron chi connectivity index (χ1n) is 6.43. The van der Waals surface area contributed by atoms with Crippen LogP contribution in [0.25, 0.3) is 0 Å². The molecule has 0 aliphatic rings. The predicted octanol–water partition coefficient (Wildman–Crippen LogP) is 1.85. The van der Waals surface area contributed by atoms with Gasteiger partial charge in [0.1, 0.15) is 17.5 Å².